The molecule has 0 fully saturated rings. The van der Waals surface area contributed by atoms with E-state index < -0.39 is 0 Å². The minimum Gasteiger partial charge on any atom is -0.391 e. The van der Waals surface area contributed by atoms with Gasteiger partial charge in [0.1, 0.15) is 0 Å². The standard InChI is InChI=1S/C12H17NO/c1-8(2)13-12-10-6-4-3-5-9(10)7-11(12)14/h3-6,8,11-14H,7H2,1-2H3/t11-,12+/m1/s1. The van der Waals surface area contributed by atoms with Crippen LogP contribution < -0.4 is 5.32 Å². The van der Waals surface area contributed by atoms with Crippen LogP contribution in [0.25, 0.3) is 0 Å². The molecule has 0 amide bonds. The molecular formula is C12H17NO. The molecule has 0 radical (unpaired) electrons. The second kappa shape index (κ2) is 3.71. The fraction of sp³-hybridized carbons (Fsp3) is 0.500. The number of rotatable bonds is 2. The smallest absolute Gasteiger partial charge is 0.0775 e. The Labute approximate surface area is 85.0 Å². The lowest BCUT2D eigenvalue weighted by Gasteiger charge is -2.20. The first-order chi connectivity index (χ1) is 6.68. The van der Waals surface area contributed by atoms with Crippen LogP contribution in [0.3, 0.4) is 0 Å². The van der Waals surface area contributed by atoms with E-state index in [9.17, 15) is 5.11 Å². The first kappa shape index (κ1) is 9.69. The van der Waals surface area contributed by atoms with E-state index in [2.05, 4.69) is 31.3 Å². The highest BCUT2D eigenvalue weighted by molar-refractivity contribution is 5.36. The summed E-state index contributed by atoms with van der Waals surface area (Å²) in [5.41, 5.74) is 2.53. The van der Waals surface area contributed by atoms with Gasteiger partial charge in [-0.3, -0.25) is 0 Å². The zero-order valence-electron chi connectivity index (χ0n) is 8.70. The second-order valence-electron chi connectivity index (χ2n) is 4.27. The molecule has 0 saturated carbocycles. The van der Waals surface area contributed by atoms with E-state index >= 15 is 0 Å². The van der Waals surface area contributed by atoms with Gasteiger partial charge in [-0.15, -0.1) is 0 Å². The molecule has 2 nitrogen and oxygen atoms in total. The summed E-state index contributed by atoms with van der Waals surface area (Å²) in [6.45, 7) is 4.21. The molecule has 0 aromatic heterocycles. The molecule has 2 N–H and O–H groups in total. The summed E-state index contributed by atoms with van der Waals surface area (Å²) in [5, 5.41) is 13.3. The Morgan fingerprint density at radius 1 is 1.36 bits per heavy atom. The fourth-order valence-electron chi connectivity index (χ4n) is 2.13. The predicted octanol–water partition coefficient (Wildman–Crippen LogP) is 1.64. The van der Waals surface area contributed by atoms with Crippen molar-refractivity contribution < 1.29 is 5.11 Å². The zero-order chi connectivity index (χ0) is 10.1. The Morgan fingerprint density at radius 3 is 2.79 bits per heavy atom. The summed E-state index contributed by atoms with van der Waals surface area (Å²) in [7, 11) is 0. The highest BCUT2D eigenvalue weighted by atomic mass is 16.3. The molecule has 0 saturated heterocycles. The number of hydrogen-bond acceptors (Lipinski definition) is 2. The van der Waals surface area contributed by atoms with Crippen LogP contribution in [0.1, 0.15) is 31.0 Å². The highest BCUT2D eigenvalue weighted by Gasteiger charge is 2.30. The maximum atomic E-state index is 9.90. The normalized spacial score (nSPS) is 25.4. The first-order valence-corrected chi connectivity index (χ1v) is 5.20. The molecule has 0 heterocycles. The molecule has 2 atom stereocenters. The lowest BCUT2D eigenvalue weighted by molar-refractivity contribution is 0.137. The third-order valence-electron chi connectivity index (χ3n) is 2.72. The number of nitrogens with one attached hydrogen (secondary N) is 1. The molecule has 76 valence electrons. The van der Waals surface area contributed by atoms with Gasteiger partial charge in [-0.1, -0.05) is 38.1 Å². The Balaban J connectivity index is 2.25. The maximum Gasteiger partial charge on any atom is 0.0775 e. The third kappa shape index (κ3) is 1.68. The lowest BCUT2D eigenvalue weighted by atomic mass is 10.1. The van der Waals surface area contributed by atoms with Gasteiger partial charge in [-0.2, -0.15) is 0 Å². The van der Waals surface area contributed by atoms with Gasteiger partial charge in [0.05, 0.1) is 12.1 Å². The first-order valence-electron chi connectivity index (χ1n) is 5.20. The van der Waals surface area contributed by atoms with Gasteiger partial charge in [0, 0.05) is 12.5 Å². The molecule has 0 spiro atoms. The Kier molecular flexibility index (Phi) is 2.57. The average molecular weight is 191 g/mol. The van der Waals surface area contributed by atoms with Crippen molar-refractivity contribution in [3.8, 4) is 0 Å². The van der Waals surface area contributed by atoms with Crippen molar-refractivity contribution in [2.75, 3.05) is 0 Å². The summed E-state index contributed by atoms with van der Waals surface area (Å²) in [4.78, 5) is 0. The summed E-state index contributed by atoms with van der Waals surface area (Å²) in [5.74, 6) is 0. The molecule has 0 aliphatic heterocycles. The van der Waals surface area contributed by atoms with E-state index in [1.165, 1.54) is 11.1 Å². The van der Waals surface area contributed by atoms with Crippen LogP contribution in [-0.2, 0) is 6.42 Å². The van der Waals surface area contributed by atoms with Crippen LogP contribution in [0.15, 0.2) is 24.3 Å². The van der Waals surface area contributed by atoms with Gasteiger partial charge < -0.3 is 10.4 Å². The molecule has 2 rings (SSSR count). The van der Waals surface area contributed by atoms with Gasteiger partial charge in [0.2, 0.25) is 0 Å². The maximum absolute atomic E-state index is 9.90. The Bertz CT molecular complexity index is 322. The molecule has 0 unspecified atom stereocenters. The fourth-order valence-corrected chi connectivity index (χ4v) is 2.13. The van der Waals surface area contributed by atoms with Crippen molar-refractivity contribution in [2.45, 2.75) is 38.5 Å². The van der Waals surface area contributed by atoms with Crippen molar-refractivity contribution in [3.05, 3.63) is 35.4 Å². The average Bonchev–Trinajstić information content (AvgIpc) is 2.43. The van der Waals surface area contributed by atoms with Crippen LogP contribution in [0.4, 0.5) is 0 Å². The van der Waals surface area contributed by atoms with E-state index in [4.69, 9.17) is 0 Å². The summed E-state index contributed by atoms with van der Waals surface area (Å²) in [6, 6.07) is 8.79. The summed E-state index contributed by atoms with van der Waals surface area (Å²) in [6.07, 6.45) is 0.510. The Morgan fingerprint density at radius 2 is 2.07 bits per heavy atom. The number of benzene rings is 1. The zero-order valence-corrected chi connectivity index (χ0v) is 8.70. The van der Waals surface area contributed by atoms with Crippen molar-refractivity contribution in [1.82, 2.24) is 5.32 Å². The van der Waals surface area contributed by atoms with Crippen LogP contribution >= 0.6 is 0 Å². The molecule has 1 aromatic carbocycles. The molecule has 14 heavy (non-hydrogen) atoms. The quantitative estimate of drug-likeness (QED) is 0.745. The monoisotopic (exact) mass is 191 g/mol. The van der Waals surface area contributed by atoms with Crippen LogP contribution in [0, 0.1) is 0 Å². The minimum atomic E-state index is -0.269. The van der Waals surface area contributed by atoms with E-state index in [1.54, 1.807) is 0 Å². The van der Waals surface area contributed by atoms with Crippen molar-refractivity contribution in [3.63, 3.8) is 0 Å². The van der Waals surface area contributed by atoms with E-state index in [0.29, 0.717) is 6.04 Å². The largest absolute Gasteiger partial charge is 0.391 e. The van der Waals surface area contributed by atoms with Crippen molar-refractivity contribution in [1.29, 1.82) is 0 Å². The van der Waals surface area contributed by atoms with Gasteiger partial charge in [-0.05, 0) is 11.1 Å². The Hall–Kier alpha value is -0.860. The third-order valence-corrected chi connectivity index (χ3v) is 2.72. The van der Waals surface area contributed by atoms with E-state index in [-0.39, 0.29) is 12.1 Å². The predicted molar refractivity (Wildman–Crippen MR) is 57.2 cm³/mol. The molecule has 1 aromatic rings. The molecule has 1 aliphatic carbocycles. The topological polar surface area (TPSA) is 32.3 Å². The van der Waals surface area contributed by atoms with E-state index in [0.717, 1.165) is 6.42 Å². The number of aliphatic hydroxyl groups excluding tert-OH is 1. The SMILES string of the molecule is CC(C)N[C@H]1c2ccccc2C[C@H]1O. The van der Waals surface area contributed by atoms with Gasteiger partial charge in [0.15, 0.2) is 0 Å². The molecular weight excluding hydrogens is 174 g/mol. The van der Waals surface area contributed by atoms with Crippen LogP contribution in [-0.4, -0.2) is 17.3 Å². The number of aliphatic hydroxyl groups is 1. The van der Waals surface area contributed by atoms with E-state index in [1.807, 2.05) is 12.1 Å². The number of fused-ring (bicyclic) bond motifs is 1. The van der Waals surface area contributed by atoms with Crippen molar-refractivity contribution in [2.24, 2.45) is 0 Å². The second-order valence-corrected chi connectivity index (χ2v) is 4.27. The van der Waals surface area contributed by atoms with Gasteiger partial charge >= 0.3 is 0 Å². The number of hydrogen-bond donors (Lipinski definition) is 2. The van der Waals surface area contributed by atoms with Crippen LogP contribution in [0.2, 0.25) is 0 Å². The summed E-state index contributed by atoms with van der Waals surface area (Å²) < 4.78 is 0. The molecule has 0 bridgehead atoms. The summed E-state index contributed by atoms with van der Waals surface area (Å²) >= 11 is 0. The lowest BCUT2D eigenvalue weighted by Crippen LogP contribution is -2.33. The minimum absolute atomic E-state index is 0.117. The molecule has 1 aliphatic rings. The van der Waals surface area contributed by atoms with Crippen LogP contribution in [0.5, 0.6) is 0 Å². The van der Waals surface area contributed by atoms with Crippen molar-refractivity contribution >= 4 is 0 Å². The molecule has 2 heteroatoms. The highest BCUT2D eigenvalue weighted by Crippen LogP contribution is 2.31. The van der Waals surface area contributed by atoms with Gasteiger partial charge in [-0.25, -0.2) is 0 Å². The van der Waals surface area contributed by atoms with Gasteiger partial charge in [0.25, 0.3) is 0 Å².